The van der Waals surface area contributed by atoms with E-state index in [9.17, 15) is 4.79 Å². The van der Waals surface area contributed by atoms with Crippen LogP contribution in [0.3, 0.4) is 0 Å². The number of nitrogens with zero attached hydrogens (tertiary/aromatic N) is 1. The van der Waals surface area contributed by atoms with Crippen molar-refractivity contribution in [2.75, 3.05) is 24.6 Å². The number of morpholine rings is 1. The number of carbonyl (C=O) groups is 1. The van der Waals surface area contributed by atoms with Crippen LogP contribution in [0.4, 0.5) is 5.69 Å². The molecule has 92 valence electrons. The van der Waals surface area contributed by atoms with Crippen molar-refractivity contribution in [3.63, 3.8) is 0 Å². The van der Waals surface area contributed by atoms with Crippen molar-refractivity contribution in [1.29, 1.82) is 0 Å². The van der Waals surface area contributed by atoms with Crippen LogP contribution in [0.2, 0.25) is 0 Å². The second kappa shape index (κ2) is 4.76. The molecule has 0 aromatic heterocycles. The molecule has 5 heteroatoms. The fraction of sp³-hybridized carbons (Fsp3) is 0.417. The lowest BCUT2D eigenvalue weighted by Crippen LogP contribution is -2.56. The molecule has 1 saturated heterocycles. The number of halogens is 1. The SMILES string of the molecule is CC1(CN)CN(c2cccc(Br)c2)C(=O)CO1. The Morgan fingerprint density at radius 3 is 3.00 bits per heavy atom. The van der Waals surface area contributed by atoms with Crippen molar-refractivity contribution in [1.82, 2.24) is 0 Å². The summed E-state index contributed by atoms with van der Waals surface area (Å²) < 4.78 is 6.43. The van der Waals surface area contributed by atoms with Crippen LogP contribution in [0.15, 0.2) is 28.7 Å². The van der Waals surface area contributed by atoms with Crippen molar-refractivity contribution in [3.05, 3.63) is 28.7 Å². The maximum atomic E-state index is 11.9. The highest BCUT2D eigenvalue weighted by atomic mass is 79.9. The summed E-state index contributed by atoms with van der Waals surface area (Å²) in [4.78, 5) is 13.6. The largest absolute Gasteiger partial charge is 0.362 e. The monoisotopic (exact) mass is 298 g/mol. The molecule has 1 fully saturated rings. The van der Waals surface area contributed by atoms with Crippen LogP contribution in [-0.4, -0.2) is 31.2 Å². The highest BCUT2D eigenvalue weighted by Crippen LogP contribution is 2.25. The molecule has 1 amide bonds. The number of hydrogen-bond donors (Lipinski definition) is 1. The summed E-state index contributed by atoms with van der Waals surface area (Å²) in [6.45, 7) is 2.88. The number of nitrogens with two attached hydrogens (primary N) is 1. The van der Waals surface area contributed by atoms with Crippen LogP contribution in [0.5, 0.6) is 0 Å². The number of amides is 1. The summed E-state index contributed by atoms with van der Waals surface area (Å²) in [5.41, 5.74) is 6.09. The molecular weight excluding hydrogens is 284 g/mol. The van der Waals surface area contributed by atoms with Gasteiger partial charge in [-0.3, -0.25) is 4.79 Å². The number of ether oxygens (including phenoxy) is 1. The van der Waals surface area contributed by atoms with E-state index in [0.29, 0.717) is 13.1 Å². The third kappa shape index (κ3) is 2.68. The zero-order valence-corrected chi connectivity index (χ0v) is 11.2. The van der Waals surface area contributed by atoms with Crippen LogP contribution in [0.25, 0.3) is 0 Å². The molecule has 1 unspecified atom stereocenters. The number of hydrogen-bond acceptors (Lipinski definition) is 3. The molecular formula is C12H15BrN2O2. The topological polar surface area (TPSA) is 55.6 Å². The van der Waals surface area contributed by atoms with Gasteiger partial charge in [0.1, 0.15) is 6.61 Å². The number of rotatable bonds is 2. The van der Waals surface area contributed by atoms with Crippen LogP contribution < -0.4 is 10.6 Å². The first-order valence-corrected chi connectivity index (χ1v) is 6.23. The normalized spacial score (nSPS) is 25.1. The predicted molar refractivity (Wildman–Crippen MR) is 69.9 cm³/mol. The van der Waals surface area contributed by atoms with Gasteiger partial charge in [-0.2, -0.15) is 0 Å². The molecule has 2 N–H and O–H groups in total. The minimum Gasteiger partial charge on any atom is -0.362 e. The van der Waals surface area contributed by atoms with Crippen molar-refractivity contribution in [2.45, 2.75) is 12.5 Å². The Labute approximate surface area is 109 Å². The fourth-order valence-corrected chi connectivity index (χ4v) is 2.17. The zero-order valence-electron chi connectivity index (χ0n) is 9.65. The Balaban J connectivity index is 2.27. The standard InChI is InChI=1S/C12H15BrN2O2/c1-12(7-14)8-15(11(16)6-17-12)10-4-2-3-9(13)5-10/h2-5H,6-8,14H2,1H3. The van der Waals surface area contributed by atoms with E-state index in [0.717, 1.165) is 10.2 Å². The summed E-state index contributed by atoms with van der Waals surface area (Å²) in [7, 11) is 0. The Morgan fingerprint density at radius 1 is 1.59 bits per heavy atom. The van der Waals surface area contributed by atoms with E-state index in [2.05, 4.69) is 15.9 Å². The van der Waals surface area contributed by atoms with Crippen molar-refractivity contribution in [2.24, 2.45) is 5.73 Å². The fourth-order valence-electron chi connectivity index (χ4n) is 1.78. The molecule has 0 saturated carbocycles. The van der Waals surface area contributed by atoms with E-state index < -0.39 is 5.60 Å². The first-order valence-electron chi connectivity index (χ1n) is 5.44. The molecule has 1 atom stereocenters. The van der Waals surface area contributed by atoms with Gasteiger partial charge in [0.05, 0.1) is 12.1 Å². The lowest BCUT2D eigenvalue weighted by molar-refractivity contribution is -0.135. The van der Waals surface area contributed by atoms with Gasteiger partial charge in [0.2, 0.25) is 0 Å². The number of benzene rings is 1. The van der Waals surface area contributed by atoms with Gasteiger partial charge >= 0.3 is 0 Å². The van der Waals surface area contributed by atoms with Gasteiger partial charge in [-0.15, -0.1) is 0 Å². The third-order valence-corrected chi connectivity index (χ3v) is 3.38. The van der Waals surface area contributed by atoms with E-state index in [-0.39, 0.29) is 12.5 Å². The molecule has 0 radical (unpaired) electrons. The zero-order chi connectivity index (χ0) is 12.5. The lowest BCUT2D eigenvalue weighted by Gasteiger charge is -2.39. The van der Waals surface area contributed by atoms with Crippen molar-refractivity contribution >= 4 is 27.5 Å². The molecule has 1 aromatic carbocycles. The summed E-state index contributed by atoms with van der Waals surface area (Å²) >= 11 is 3.40. The second-order valence-corrected chi connectivity index (χ2v) is 5.32. The van der Waals surface area contributed by atoms with Gasteiger partial charge < -0.3 is 15.4 Å². The molecule has 0 spiro atoms. The van der Waals surface area contributed by atoms with Crippen LogP contribution in [0.1, 0.15) is 6.92 Å². The van der Waals surface area contributed by atoms with Gasteiger partial charge in [-0.05, 0) is 25.1 Å². The summed E-state index contributed by atoms with van der Waals surface area (Å²) in [5.74, 6) is -0.0333. The molecule has 2 rings (SSSR count). The molecule has 1 aliphatic heterocycles. The minimum atomic E-state index is -0.462. The Kier molecular flexibility index (Phi) is 3.51. The highest BCUT2D eigenvalue weighted by molar-refractivity contribution is 9.10. The Morgan fingerprint density at radius 2 is 2.35 bits per heavy atom. The van der Waals surface area contributed by atoms with Crippen LogP contribution in [0, 0.1) is 0 Å². The maximum Gasteiger partial charge on any atom is 0.253 e. The second-order valence-electron chi connectivity index (χ2n) is 4.40. The highest BCUT2D eigenvalue weighted by Gasteiger charge is 2.35. The molecule has 1 aromatic rings. The van der Waals surface area contributed by atoms with Gasteiger partial charge in [0.15, 0.2) is 0 Å². The number of carbonyl (C=O) groups excluding carboxylic acids is 1. The van der Waals surface area contributed by atoms with Gasteiger partial charge in [0.25, 0.3) is 5.91 Å². The molecule has 1 aliphatic rings. The van der Waals surface area contributed by atoms with Gasteiger partial charge in [-0.1, -0.05) is 22.0 Å². The summed E-state index contributed by atoms with van der Waals surface area (Å²) in [5, 5.41) is 0. The minimum absolute atomic E-state index is 0.0333. The Hall–Kier alpha value is -0.910. The average molecular weight is 299 g/mol. The van der Waals surface area contributed by atoms with E-state index in [1.165, 1.54) is 0 Å². The van der Waals surface area contributed by atoms with Gasteiger partial charge in [0, 0.05) is 16.7 Å². The smallest absolute Gasteiger partial charge is 0.253 e. The maximum absolute atomic E-state index is 11.9. The molecule has 0 aliphatic carbocycles. The van der Waals surface area contributed by atoms with E-state index in [1.807, 2.05) is 31.2 Å². The predicted octanol–water partition coefficient (Wildman–Crippen LogP) is 1.53. The third-order valence-electron chi connectivity index (χ3n) is 2.89. The van der Waals surface area contributed by atoms with Crippen LogP contribution >= 0.6 is 15.9 Å². The number of anilines is 1. The molecule has 0 bridgehead atoms. The van der Waals surface area contributed by atoms with Crippen LogP contribution in [-0.2, 0) is 9.53 Å². The first-order chi connectivity index (χ1) is 8.04. The van der Waals surface area contributed by atoms with E-state index in [1.54, 1.807) is 4.90 Å². The summed E-state index contributed by atoms with van der Waals surface area (Å²) in [6, 6.07) is 7.66. The molecule has 1 heterocycles. The summed E-state index contributed by atoms with van der Waals surface area (Å²) in [6.07, 6.45) is 0. The van der Waals surface area contributed by atoms with Gasteiger partial charge in [-0.25, -0.2) is 0 Å². The average Bonchev–Trinajstić information content (AvgIpc) is 2.33. The Bertz CT molecular complexity index is 438. The quantitative estimate of drug-likeness (QED) is 0.901. The van der Waals surface area contributed by atoms with Crippen molar-refractivity contribution in [3.8, 4) is 0 Å². The van der Waals surface area contributed by atoms with E-state index in [4.69, 9.17) is 10.5 Å². The lowest BCUT2D eigenvalue weighted by atomic mass is 10.0. The first kappa shape index (κ1) is 12.5. The van der Waals surface area contributed by atoms with Crippen molar-refractivity contribution < 1.29 is 9.53 Å². The molecule has 4 nitrogen and oxygen atoms in total. The van der Waals surface area contributed by atoms with E-state index >= 15 is 0 Å². The molecule has 17 heavy (non-hydrogen) atoms.